The summed E-state index contributed by atoms with van der Waals surface area (Å²) in [5.41, 5.74) is 1.07. The van der Waals surface area contributed by atoms with Crippen molar-refractivity contribution in [1.29, 1.82) is 0 Å². The van der Waals surface area contributed by atoms with Crippen LogP contribution >= 0.6 is 11.3 Å². The van der Waals surface area contributed by atoms with E-state index in [4.69, 9.17) is 4.74 Å². The molecule has 0 saturated carbocycles. The molecule has 1 heterocycles. The van der Waals surface area contributed by atoms with Crippen LogP contribution in [0, 0.1) is 0 Å². The molecule has 27 heavy (non-hydrogen) atoms. The second kappa shape index (κ2) is 12.4. The monoisotopic (exact) mass is 390 g/mol. The molecule has 2 aromatic rings. The van der Waals surface area contributed by atoms with E-state index in [9.17, 15) is 4.79 Å². The van der Waals surface area contributed by atoms with Crippen LogP contribution in [-0.2, 0) is 16.0 Å². The molecule has 2 rings (SSSR count). The van der Waals surface area contributed by atoms with Crippen molar-refractivity contribution in [1.82, 2.24) is 10.2 Å². The summed E-state index contributed by atoms with van der Waals surface area (Å²) in [5, 5.41) is 10.7. The number of hydrogen-bond acceptors (Lipinski definition) is 6. The zero-order chi connectivity index (χ0) is 19.3. The minimum Gasteiger partial charge on any atom is -0.494 e. The molecule has 0 aliphatic heterocycles. The fraction of sp³-hybridized carbons (Fsp3) is 0.571. The topological polar surface area (TPSA) is 61.3 Å². The molecule has 0 atom stereocenters. The van der Waals surface area contributed by atoms with Crippen molar-refractivity contribution in [2.75, 3.05) is 13.7 Å². The van der Waals surface area contributed by atoms with E-state index in [0.717, 1.165) is 40.6 Å². The number of ether oxygens (including phenoxy) is 2. The summed E-state index contributed by atoms with van der Waals surface area (Å²) >= 11 is 1.68. The second-order valence-corrected chi connectivity index (χ2v) is 7.63. The van der Waals surface area contributed by atoms with Gasteiger partial charge in [0.2, 0.25) is 0 Å². The van der Waals surface area contributed by atoms with Gasteiger partial charge in [0.15, 0.2) is 0 Å². The van der Waals surface area contributed by atoms with Crippen molar-refractivity contribution in [3.05, 3.63) is 29.3 Å². The third kappa shape index (κ3) is 8.08. The molecule has 0 amide bonds. The molecule has 0 aliphatic carbocycles. The molecular formula is C21H30N2O3S. The molecule has 148 valence electrons. The maximum Gasteiger partial charge on any atom is 0.305 e. The van der Waals surface area contributed by atoms with Crippen LogP contribution < -0.4 is 4.74 Å². The molecule has 0 bridgehead atoms. The molecular weight excluding hydrogens is 360 g/mol. The molecule has 0 aliphatic rings. The molecule has 0 unspecified atom stereocenters. The second-order valence-electron chi connectivity index (χ2n) is 6.57. The van der Waals surface area contributed by atoms with Gasteiger partial charge in [-0.15, -0.1) is 10.2 Å². The molecule has 0 saturated heterocycles. The van der Waals surface area contributed by atoms with E-state index in [0.29, 0.717) is 13.0 Å². The Labute approximate surface area is 166 Å². The first-order chi connectivity index (χ1) is 13.2. The Morgan fingerprint density at radius 1 is 1.00 bits per heavy atom. The third-order valence-corrected chi connectivity index (χ3v) is 5.37. The summed E-state index contributed by atoms with van der Waals surface area (Å²) in [5.74, 6) is 0.661. The van der Waals surface area contributed by atoms with Crippen molar-refractivity contribution < 1.29 is 14.3 Å². The van der Waals surface area contributed by atoms with Crippen LogP contribution in [0.1, 0.15) is 63.3 Å². The van der Waals surface area contributed by atoms with Gasteiger partial charge in [-0.25, -0.2) is 0 Å². The van der Waals surface area contributed by atoms with Gasteiger partial charge in [0.25, 0.3) is 0 Å². The Balaban J connectivity index is 1.72. The Morgan fingerprint density at radius 2 is 1.78 bits per heavy atom. The van der Waals surface area contributed by atoms with Gasteiger partial charge >= 0.3 is 5.97 Å². The lowest BCUT2D eigenvalue weighted by molar-refractivity contribution is -0.140. The van der Waals surface area contributed by atoms with E-state index in [1.807, 2.05) is 24.3 Å². The zero-order valence-corrected chi connectivity index (χ0v) is 17.2. The SMILES string of the molecule is CCCCCCCc1nnc(-c2ccc(OCCCCC(=O)OC)cc2)s1. The number of carbonyl (C=O) groups is 1. The highest BCUT2D eigenvalue weighted by atomic mass is 32.1. The molecule has 0 fully saturated rings. The largest absolute Gasteiger partial charge is 0.494 e. The Kier molecular flexibility index (Phi) is 9.84. The van der Waals surface area contributed by atoms with Gasteiger partial charge in [0, 0.05) is 18.4 Å². The lowest BCUT2D eigenvalue weighted by atomic mass is 10.1. The Bertz CT molecular complexity index is 670. The Hall–Kier alpha value is -1.95. The normalized spacial score (nSPS) is 10.7. The smallest absolute Gasteiger partial charge is 0.305 e. The van der Waals surface area contributed by atoms with Crippen molar-refractivity contribution in [2.45, 2.75) is 64.7 Å². The average Bonchev–Trinajstić information content (AvgIpc) is 3.16. The number of esters is 1. The van der Waals surface area contributed by atoms with Crippen LogP contribution in [0.3, 0.4) is 0 Å². The lowest BCUT2D eigenvalue weighted by Crippen LogP contribution is -2.02. The van der Waals surface area contributed by atoms with Crippen LogP contribution in [-0.4, -0.2) is 29.9 Å². The van der Waals surface area contributed by atoms with Crippen molar-refractivity contribution >= 4 is 17.3 Å². The van der Waals surface area contributed by atoms with E-state index in [2.05, 4.69) is 21.9 Å². The first-order valence-corrected chi connectivity index (χ1v) is 10.7. The van der Waals surface area contributed by atoms with Gasteiger partial charge < -0.3 is 9.47 Å². The number of hydrogen-bond donors (Lipinski definition) is 0. The summed E-state index contributed by atoms with van der Waals surface area (Å²) in [4.78, 5) is 11.0. The summed E-state index contributed by atoms with van der Waals surface area (Å²) in [6, 6.07) is 7.97. The van der Waals surface area contributed by atoms with Crippen LogP contribution in [0.5, 0.6) is 5.75 Å². The molecule has 1 aromatic heterocycles. The predicted molar refractivity (Wildman–Crippen MR) is 109 cm³/mol. The average molecular weight is 391 g/mol. The van der Waals surface area contributed by atoms with E-state index < -0.39 is 0 Å². The van der Waals surface area contributed by atoms with Gasteiger partial charge in [-0.05, 0) is 43.5 Å². The third-order valence-electron chi connectivity index (χ3n) is 4.33. The number of aromatic nitrogens is 2. The first kappa shape index (κ1) is 21.4. The van der Waals surface area contributed by atoms with Crippen LogP contribution in [0.4, 0.5) is 0 Å². The highest BCUT2D eigenvalue weighted by Crippen LogP contribution is 2.26. The summed E-state index contributed by atoms with van der Waals surface area (Å²) in [6.45, 7) is 2.83. The molecule has 6 heteroatoms. The number of benzene rings is 1. The fourth-order valence-electron chi connectivity index (χ4n) is 2.71. The van der Waals surface area contributed by atoms with Crippen molar-refractivity contribution in [3.8, 4) is 16.3 Å². The molecule has 0 spiro atoms. The minimum atomic E-state index is -0.170. The fourth-order valence-corrected chi connectivity index (χ4v) is 3.60. The number of nitrogens with zero attached hydrogens (tertiary/aromatic N) is 2. The van der Waals surface area contributed by atoms with Crippen LogP contribution in [0.25, 0.3) is 10.6 Å². The van der Waals surface area contributed by atoms with Crippen molar-refractivity contribution in [2.24, 2.45) is 0 Å². The number of rotatable bonds is 13. The van der Waals surface area contributed by atoms with E-state index >= 15 is 0 Å². The number of methoxy groups -OCH3 is 1. The van der Waals surface area contributed by atoms with E-state index in [-0.39, 0.29) is 5.97 Å². The number of unbranched alkanes of at least 4 members (excludes halogenated alkanes) is 5. The van der Waals surface area contributed by atoms with Crippen LogP contribution in [0.15, 0.2) is 24.3 Å². The zero-order valence-electron chi connectivity index (χ0n) is 16.4. The summed E-state index contributed by atoms with van der Waals surface area (Å²) in [6.07, 6.45) is 9.44. The van der Waals surface area contributed by atoms with Crippen LogP contribution in [0.2, 0.25) is 0 Å². The van der Waals surface area contributed by atoms with Gasteiger partial charge in [-0.3, -0.25) is 4.79 Å². The number of carbonyl (C=O) groups excluding carboxylic acids is 1. The van der Waals surface area contributed by atoms with Gasteiger partial charge in [0.1, 0.15) is 15.8 Å². The van der Waals surface area contributed by atoms with Gasteiger partial charge in [0.05, 0.1) is 13.7 Å². The lowest BCUT2D eigenvalue weighted by Gasteiger charge is -2.06. The van der Waals surface area contributed by atoms with Crippen molar-refractivity contribution in [3.63, 3.8) is 0 Å². The van der Waals surface area contributed by atoms with E-state index in [1.165, 1.54) is 39.2 Å². The molecule has 0 N–H and O–H groups in total. The molecule has 1 aromatic carbocycles. The Morgan fingerprint density at radius 3 is 2.52 bits per heavy atom. The maximum atomic E-state index is 11.0. The van der Waals surface area contributed by atoms with Gasteiger partial charge in [-0.1, -0.05) is 43.9 Å². The first-order valence-electron chi connectivity index (χ1n) is 9.85. The number of aryl methyl sites for hydroxylation is 1. The predicted octanol–water partition coefficient (Wildman–Crippen LogP) is 5.44. The summed E-state index contributed by atoms with van der Waals surface area (Å²) < 4.78 is 10.3. The van der Waals surface area contributed by atoms with Gasteiger partial charge in [-0.2, -0.15) is 0 Å². The standard InChI is InChI=1S/C21H30N2O3S/c1-3-4-5-6-7-10-19-22-23-21(27-19)17-12-14-18(15-13-17)26-16-9-8-11-20(24)25-2/h12-15H,3-11,16H2,1-2H3. The highest BCUT2D eigenvalue weighted by molar-refractivity contribution is 7.14. The highest BCUT2D eigenvalue weighted by Gasteiger charge is 2.07. The molecule has 5 nitrogen and oxygen atoms in total. The quantitative estimate of drug-likeness (QED) is 0.337. The summed E-state index contributed by atoms with van der Waals surface area (Å²) in [7, 11) is 1.41. The maximum absolute atomic E-state index is 11.0. The molecule has 0 radical (unpaired) electrons. The minimum absolute atomic E-state index is 0.170. The van der Waals surface area contributed by atoms with E-state index in [1.54, 1.807) is 11.3 Å².